The van der Waals surface area contributed by atoms with Gasteiger partial charge in [0.25, 0.3) is 0 Å². The molecule has 3 aliphatic rings. The van der Waals surface area contributed by atoms with E-state index in [0.717, 1.165) is 87.1 Å². The average Bonchev–Trinajstić information content (AvgIpc) is 3.73. The summed E-state index contributed by atoms with van der Waals surface area (Å²) < 4.78 is 15.8. The van der Waals surface area contributed by atoms with Gasteiger partial charge in [-0.1, -0.05) is 23.7 Å². The molecule has 1 atom stereocenters. The molecule has 5 heterocycles. The van der Waals surface area contributed by atoms with Gasteiger partial charge in [0, 0.05) is 80.3 Å². The number of carboxylic acid groups (broad SMARTS) is 1. The Balaban J connectivity index is 0.000000321. The lowest BCUT2D eigenvalue weighted by Crippen LogP contribution is -2.37. The topological polar surface area (TPSA) is 110 Å². The van der Waals surface area contributed by atoms with Crippen LogP contribution >= 0.6 is 48.8 Å². The summed E-state index contributed by atoms with van der Waals surface area (Å²) in [5.41, 5.74) is 2.18. The van der Waals surface area contributed by atoms with Gasteiger partial charge in [0.05, 0.1) is 12.3 Å². The van der Waals surface area contributed by atoms with Crippen molar-refractivity contribution in [1.29, 1.82) is 0 Å². The summed E-state index contributed by atoms with van der Waals surface area (Å²) in [5.74, 6) is 3.16. The number of nitrogens with zero attached hydrogens (tertiary/aromatic N) is 6. The van der Waals surface area contributed by atoms with Crippen LogP contribution in [0.25, 0.3) is 11.3 Å². The number of amides is 1. The predicted molar refractivity (Wildman–Crippen MR) is 201 cm³/mol. The van der Waals surface area contributed by atoms with E-state index < -0.39 is 6.09 Å². The van der Waals surface area contributed by atoms with Gasteiger partial charge in [-0.2, -0.15) is 0 Å². The lowest BCUT2D eigenvalue weighted by molar-refractivity contribution is -0.163. The van der Waals surface area contributed by atoms with E-state index in [2.05, 4.69) is 44.6 Å². The first-order chi connectivity index (χ1) is 22.4. The van der Waals surface area contributed by atoms with Crippen LogP contribution in [0, 0.1) is 0 Å². The summed E-state index contributed by atoms with van der Waals surface area (Å²) in [6.07, 6.45) is 12.4. The molecule has 3 saturated heterocycles. The number of nitrogens with one attached hydrogen (secondary N) is 1. The molecule has 3 fully saturated rings. The minimum absolute atomic E-state index is 0. The van der Waals surface area contributed by atoms with Gasteiger partial charge in [-0.3, -0.25) is 0 Å². The van der Waals surface area contributed by atoms with Crippen LogP contribution < -0.4 is 5.32 Å². The molecule has 0 aliphatic carbocycles. The Kier molecular flexibility index (Phi) is 19.3. The van der Waals surface area contributed by atoms with Crippen molar-refractivity contribution in [2.45, 2.75) is 76.2 Å². The first kappa shape index (κ1) is 43.1. The van der Waals surface area contributed by atoms with Crippen LogP contribution in [0.2, 0.25) is 5.02 Å². The highest BCUT2D eigenvalue weighted by atomic mass is 35.5. The predicted octanol–water partition coefficient (Wildman–Crippen LogP) is 6.78. The Morgan fingerprint density at radius 1 is 0.980 bits per heavy atom. The number of carbonyl (C=O) groups is 1. The number of hydrogen-bond acceptors (Lipinski definition) is 7. The molecule has 276 valence electrons. The molecule has 6 rings (SSSR count). The summed E-state index contributed by atoms with van der Waals surface area (Å²) in [7, 11) is 4.22. The van der Waals surface area contributed by atoms with Gasteiger partial charge in [-0.25, -0.2) is 14.8 Å². The molecule has 0 bridgehead atoms. The molecule has 3 aliphatic heterocycles. The van der Waals surface area contributed by atoms with Crippen LogP contribution in [-0.2, 0) is 22.6 Å². The Morgan fingerprint density at radius 3 is 2.31 bits per heavy atom. The molecule has 0 spiro atoms. The summed E-state index contributed by atoms with van der Waals surface area (Å²) >= 11 is 6.00. The third-order valence-electron chi connectivity index (χ3n) is 9.09. The van der Waals surface area contributed by atoms with E-state index in [9.17, 15) is 4.79 Å². The monoisotopic (exact) mass is 763 g/mol. The summed E-state index contributed by atoms with van der Waals surface area (Å²) in [6, 6.07) is 7.96. The number of aromatic nitrogens is 4. The van der Waals surface area contributed by atoms with Crippen molar-refractivity contribution >= 4 is 54.9 Å². The number of ether oxygens (including phenoxy) is 2. The van der Waals surface area contributed by atoms with Crippen molar-refractivity contribution in [2.75, 3.05) is 60.0 Å². The SMILES string of the molecule is CN(C)CCn1cc(-c2ccc(Cl)cc2)nc1C1CCNCC1.Cl.Cl.Cl.O=C(O)N1CCC(c2nccn2CCOC2CCCCO2)CC1. The molecular formula is C34H53Cl4N7O4. The zero-order valence-corrected chi connectivity index (χ0v) is 31.8. The second-order valence-electron chi connectivity index (χ2n) is 12.7. The number of hydrogen-bond donors (Lipinski definition) is 2. The molecular weight excluding hydrogens is 712 g/mol. The van der Waals surface area contributed by atoms with Crippen LogP contribution in [0.4, 0.5) is 4.79 Å². The maximum absolute atomic E-state index is 11.0. The van der Waals surface area contributed by atoms with Crippen molar-refractivity contribution in [3.63, 3.8) is 0 Å². The number of piperidine rings is 2. The summed E-state index contributed by atoms with van der Waals surface area (Å²) in [5, 5.41) is 13.2. The van der Waals surface area contributed by atoms with Crippen molar-refractivity contribution in [3.05, 3.63) is 59.5 Å². The number of rotatable bonds is 10. The smallest absolute Gasteiger partial charge is 0.407 e. The van der Waals surface area contributed by atoms with Gasteiger partial charge in [0.15, 0.2) is 6.29 Å². The minimum Gasteiger partial charge on any atom is -0.465 e. The largest absolute Gasteiger partial charge is 0.465 e. The van der Waals surface area contributed by atoms with Crippen molar-refractivity contribution in [1.82, 2.24) is 34.2 Å². The van der Waals surface area contributed by atoms with Gasteiger partial charge in [0.1, 0.15) is 11.6 Å². The Hall–Kier alpha value is -2.09. The standard InChI is InChI=1S/C18H25ClN4.C16H25N3O4.3ClH/c1-22(2)11-12-23-13-17(14-3-5-16(19)6-4-14)21-18(23)15-7-9-20-10-8-15;20-16(21)19-7-4-13(5-8-19)15-17-6-9-18(15)10-12-23-14-3-1-2-11-22-14;;;/h3-6,13,15,20H,7-12H2,1-2H3;6,9,13-14H,1-5,7-8,10-12H2,(H,20,21);3*1H. The van der Waals surface area contributed by atoms with Crippen LogP contribution in [0.15, 0.2) is 42.9 Å². The minimum atomic E-state index is -0.826. The van der Waals surface area contributed by atoms with Crippen molar-refractivity contribution in [2.24, 2.45) is 0 Å². The zero-order valence-electron chi connectivity index (χ0n) is 28.5. The van der Waals surface area contributed by atoms with Gasteiger partial charge in [0.2, 0.25) is 0 Å². The normalized spacial score (nSPS) is 18.4. The number of halogens is 4. The molecule has 1 amide bonds. The fourth-order valence-corrected chi connectivity index (χ4v) is 6.53. The fourth-order valence-electron chi connectivity index (χ4n) is 6.41. The first-order valence-corrected chi connectivity index (χ1v) is 17.2. The maximum Gasteiger partial charge on any atom is 0.407 e. The fraction of sp³-hybridized carbons (Fsp3) is 0.618. The quantitative estimate of drug-likeness (QED) is 0.233. The molecule has 1 aromatic carbocycles. The third kappa shape index (κ3) is 12.9. The molecule has 0 radical (unpaired) electrons. The molecule has 15 heteroatoms. The van der Waals surface area contributed by atoms with Gasteiger partial charge >= 0.3 is 6.09 Å². The van der Waals surface area contributed by atoms with E-state index in [4.69, 9.17) is 31.2 Å². The molecule has 0 saturated carbocycles. The molecule has 3 aromatic rings. The number of benzene rings is 1. The average molecular weight is 766 g/mol. The lowest BCUT2D eigenvalue weighted by Gasteiger charge is -2.30. The Bertz CT molecular complexity index is 1350. The number of likely N-dealkylation sites (N-methyl/N-ethyl adjacent to an activating group) is 1. The van der Waals surface area contributed by atoms with Gasteiger partial charge < -0.3 is 38.8 Å². The molecule has 2 N–H and O–H groups in total. The van der Waals surface area contributed by atoms with E-state index in [0.29, 0.717) is 31.5 Å². The van der Waals surface area contributed by atoms with E-state index in [-0.39, 0.29) is 43.5 Å². The highest BCUT2D eigenvalue weighted by Crippen LogP contribution is 2.29. The third-order valence-corrected chi connectivity index (χ3v) is 9.34. The Morgan fingerprint density at radius 2 is 1.67 bits per heavy atom. The first-order valence-electron chi connectivity index (χ1n) is 16.8. The van der Waals surface area contributed by atoms with Gasteiger partial charge in [-0.05, 0) is 84.3 Å². The lowest BCUT2D eigenvalue weighted by atomic mass is 9.96. The van der Waals surface area contributed by atoms with E-state index in [1.54, 1.807) is 0 Å². The highest BCUT2D eigenvalue weighted by molar-refractivity contribution is 6.30. The molecule has 49 heavy (non-hydrogen) atoms. The molecule has 1 unspecified atom stereocenters. The van der Waals surface area contributed by atoms with Crippen LogP contribution in [0.3, 0.4) is 0 Å². The van der Waals surface area contributed by atoms with E-state index in [1.165, 1.54) is 30.0 Å². The van der Waals surface area contributed by atoms with Crippen LogP contribution in [0.5, 0.6) is 0 Å². The zero-order chi connectivity index (χ0) is 32.3. The highest BCUT2D eigenvalue weighted by Gasteiger charge is 2.26. The summed E-state index contributed by atoms with van der Waals surface area (Å²) in [6.45, 7) is 7.50. The number of likely N-dealkylation sites (tertiary alicyclic amines) is 1. The maximum atomic E-state index is 11.0. The Labute approximate surface area is 314 Å². The number of imidazole rings is 2. The molecule has 11 nitrogen and oxygen atoms in total. The second kappa shape index (κ2) is 22.0. The van der Waals surface area contributed by atoms with Crippen LogP contribution in [-0.4, -0.2) is 106 Å². The van der Waals surface area contributed by atoms with E-state index in [1.807, 2.05) is 36.7 Å². The summed E-state index contributed by atoms with van der Waals surface area (Å²) in [4.78, 5) is 24.1. The van der Waals surface area contributed by atoms with Crippen LogP contribution in [0.1, 0.15) is 68.4 Å². The van der Waals surface area contributed by atoms with E-state index >= 15 is 0 Å². The molecule has 2 aromatic heterocycles. The van der Waals surface area contributed by atoms with Gasteiger partial charge in [-0.15, -0.1) is 37.2 Å². The second-order valence-corrected chi connectivity index (χ2v) is 13.1. The van der Waals surface area contributed by atoms with Crippen molar-refractivity contribution in [3.8, 4) is 11.3 Å². The van der Waals surface area contributed by atoms with Crippen molar-refractivity contribution < 1.29 is 19.4 Å².